The molecule has 0 spiro atoms. The molecule has 1 rings (SSSR count). The fourth-order valence-corrected chi connectivity index (χ4v) is 1.85. The molecule has 2 heteroatoms. The van der Waals surface area contributed by atoms with Crippen LogP contribution in [0.2, 0.25) is 0 Å². The average molecular weight is 220 g/mol. The molecular weight excluding hydrogens is 196 g/mol. The minimum atomic E-state index is 0.786. The molecule has 1 aromatic rings. The molecule has 0 unspecified atom stereocenters. The van der Waals surface area contributed by atoms with Crippen LogP contribution in [0.1, 0.15) is 30.9 Å². The highest BCUT2D eigenvalue weighted by Crippen LogP contribution is 2.07. The van der Waals surface area contributed by atoms with Crippen LogP contribution in [0.3, 0.4) is 0 Å². The zero-order valence-electron chi connectivity index (χ0n) is 10.6. The largest absolute Gasteiger partial charge is 0.330 e. The van der Waals surface area contributed by atoms with Crippen molar-refractivity contribution in [3.63, 3.8) is 0 Å². The van der Waals surface area contributed by atoms with Gasteiger partial charge in [0, 0.05) is 6.54 Å². The Bertz CT molecular complexity index is 279. The molecule has 0 heterocycles. The van der Waals surface area contributed by atoms with Crippen LogP contribution in [0.25, 0.3) is 0 Å². The molecule has 0 amide bonds. The van der Waals surface area contributed by atoms with Crippen LogP contribution in [0.15, 0.2) is 24.3 Å². The van der Waals surface area contributed by atoms with E-state index in [2.05, 4.69) is 43.0 Å². The molecule has 1 aromatic carbocycles. The molecule has 0 aliphatic rings. The zero-order valence-corrected chi connectivity index (χ0v) is 10.6. The Balaban J connectivity index is 2.49. The fraction of sp³-hybridized carbons (Fsp3) is 0.571. The lowest BCUT2D eigenvalue weighted by molar-refractivity contribution is 0.264. The highest BCUT2D eigenvalue weighted by Gasteiger charge is 2.03. The van der Waals surface area contributed by atoms with Crippen molar-refractivity contribution in [2.75, 3.05) is 19.6 Å². The number of nitrogens with zero attached hydrogens (tertiary/aromatic N) is 1. The van der Waals surface area contributed by atoms with Crippen LogP contribution >= 0.6 is 0 Å². The molecule has 0 atom stereocenters. The van der Waals surface area contributed by atoms with Crippen molar-refractivity contribution in [1.29, 1.82) is 0 Å². The summed E-state index contributed by atoms with van der Waals surface area (Å²) in [6, 6.07) is 8.81. The SMILES string of the molecule is CCCN(CCCN)Cc1ccc(C)cc1. The van der Waals surface area contributed by atoms with Crippen molar-refractivity contribution in [2.24, 2.45) is 5.73 Å². The molecule has 0 fully saturated rings. The summed E-state index contributed by atoms with van der Waals surface area (Å²) >= 11 is 0. The summed E-state index contributed by atoms with van der Waals surface area (Å²) in [5.74, 6) is 0. The van der Waals surface area contributed by atoms with Crippen molar-refractivity contribution in [3.05, 3.63) is 35.4 Å². The minimum Gasteiger partial charge on any atom is -0.330 e. The summed E-state index contributed by atoms with van der Waals surface area (Å²) in [5.41, 5.74) is 8.29. The van der Waals surface area contributed by atoms with Gasteiger partial charge in [-0.25, -0.2) is 0 Å². The Hall–Kier alpha value is -0.860. The molecule has 0 radical (unpaired) electrons. The maximum Gasteiger partial charge on any atom is 0.0233 e. The third-order valence-corrected chi connectivity index (χ3v) is 2.75. The summed E-state index contributed by atoms with van der Waals surface area (Å²) < 4.78 is 0. The third-order valence-electron chi connectivity index (χ3n) is 2.75. The first-order valence-corrected chi connectivity index (χ1v) is 6.24. The van der Waals surface area contributed by atoms with Crippen LogP contribution in [-0.2, 0) is 6.54 Å². The Morgan fingerprint density at radius 2 is 1.81 bits per heavy atom. The fourth-order valence-electron chi connectivity index (χ4n) is 1.85. The molecule has 0 bridgehead atoms. The van der Waals surface area contributed by atoms with Crippen molar-refractivity contribution < 1.29 is 0 Å². The first kappa shape index (κ1) is 13.2. The second kappa shape index (κ2) is 7.42. The highest BCUT2D eigenvalue weighted by molar-refractivity contribution is 5.21. The molecule has 0 aromatic heterocycles. The van der Waals surface area contributed by atoms with Crippen LogP contribution in [0.5, 0.6) is 0 Å². The van der Waals surface area contributed by atoms with Crippen molar-refractivity contribution in [3.8, 4) is 0 Å². The summed E-state index contributed by atoms with van der Waals surface area (Å²) in [6.07, 6.45) is 2.29. The van der Waals surface area contributed by atoms with E-state index < -0.39 is 0 Å². The predicted octanol–water partition coefficient (Wildman–Crippen LogP) is 2.56. The molecule has 90 valence electrons. The van der Waals surface area contributed by atoms with E-state index in [9.17, 15) is 0 Å². The number of hydrogen-bond donors (Lipinski definition) is 1. The smallest absolute Gasteiger partial charge is 0.0233 e. The molecular formula is C14H24N2. The maximum absolute atomic E-state index is 5.56. The van der Waals surface area contributed by atoms with Gasteiger partial charge in [-0.1, -0.05) is 36.8 Å². The zero-order chi connectivity index (χ0) is 11.8. The monoisotopic (exact) mass is 220 g/mol. The lowest BCUT2D eigenvalue weighted by Crippen LogP contribution is -2.26. The van der Waals surface area contributed by atoms with Gasteiger partial charge in [-0.05, 0) is 45.0 Å². The third kappa shape index (κ3) is 4.77. The van der Waals surface area contributed by atoms with E-state index in [-0.39, 0.29) is 0 Å². The van der Waals surface area contributed by atoms with Crippen molar-refractivity contribution in [2.45, 2.75) is 33.2 Å². The molecule has 0 saturated carbocycles. The number of benzene rings is 1. The number of rotatable bonds is 7. The molecule has 0 saturated heterocycles. The second-order valence-corrected chi connectivity index (χ2v) is 4.40. The van der Waals surface area contributed by atoms with Crippen molar-refractivity contribution >= 4 is 0 Å². The van der Waals surface area contributed by atoms with E-state index in [1.54, 1.807) is 0 Å². The van der Waals surface area contributed by atoms with E-state index in [4.69, 9.17) is 5.73 Å². The van der Waals surface area contributed by atoms with E-state index in [0.717, 1.165) is 32.6 Å². The molecule has 0 aliphatic heterocycles. The van der Waals surface area contributed by atoms with Gasteiger partial charge >= 0.3 is 0 Å². The lowest BCUT2D eigenvalue weighted by Gasteiger charge is -2.21. The van der Waals surface area contributed by atoms with Gasteiger partial charge in [-0.3, -0.25) is 4.90 Å². The van der Waals surface area contributed by atoms with Gasteiger partial charge in [0.1, 0.15) is 0 Å². The number of hydrogen-bond acceptors (Lipinski definition) is 2. The van der Waals surface area contributed by atoms with Gasteiger partial charge in [0.15, 0.2) is 0 Å². The minimum absolute atomic E-state index is 0.786. The van der Waals surface area contributed by atoms with Gasteiger partial charge in [-0.2, -0.15) is 0 Å². The van der Waals surface area contributed by atoms with Crippen LogP contribution in [0, 0.1) is 6.92 Å². The molecule has 2 N–H and O–H groups in total. The molecule has 0 aliphatic carbocycles. The molecule has 2 nitrogen and oxygen atoms in total. The Morgan fingerprint density at radius 1 is 1.12 bits per heavy atom. The topological polar surface area (TPSA) is 29.3 Å². The normalized spacial score (nSPS) is 11.0. The van der Waals surface area contributed by atoms with Gasteiger partial charge in [0.25, 0.3) is 0 Å². The van der Waals surface area contributed by atoms with Gasteiger partial charge in [0.05, 0.1) is 0 Å². The van der Waals surface area contributed by atoms with Gasteiger partial charge in [-0.15, -0.1) is 0 Å². The Morgan fingerprint density at radius 3 is 2.38 bits per heavy atom. The van der Waals surface area contributed by atoms with Crippen LogP contribution < -0.4 is 5.73 Å². The van der Waals surface area contributed by atoms with Gasteiger partial charge in [0.2, 0.25) is 0 Å². The Labute approximate surface area is 99.5 Å². The highest BCUT2D eigenvalue weighted by atomic mass is 15.1. The first-order chi connectivity index (χ1) is 7.76. The van der Waals surface area contributed by atoms with E-state index >= 15 is 0 Å². The van der Waals surface area contributed by atoms with Crippen molar-refractivity contribution in [1.82, 2.24) is 4.90 Å². The second-order valence-electron chi connectivity index (χ2n) is 4.40. The first-order valence-electron chi connectivity index (χ1n) is 6.24. The van der Waals surface area contributed by atoms with E-state index in [1.165, 1.54) is 17.5 Å². The number of nitrogens with two attached hydrogens (primary N) is 1. The lowest BCUT2D eigenvalue weighted by atomic mass is 10.1. The summed E-state index contributed by atoms with van der Waals surface area (Å²) in [7, 11) is 0. The predicted molar refractivity (Wildman–Crippen MR) is 70.4 cm³/mol. The van der Waals surface area contributed by atoms with E-state index in [1.807, 2.05) is 0 Å². The maximum atomic E-state index is 5.56. The van der Waals surface area contributed by atoms with Crippen LogP contribution in [-0.4, -0.2) is 24.5 Å². The van der Waals surface area contributed by atoms with E-state index in [0.29, 0.717) is 0 Å². The van der Waals surface area contributed by atoms with Crippen LogP contribution in [0.4, 0.5) is 0 Å². The summed E-state index contributed by atoms with van der Waals surface area (Å²) in [5, 5.41) is 0. The summed E-state index contributed by atoms with van der Waals surface area (Å²) in [6.45, 7) is 8.46. The Kier molecular flexibility index (Phi) is 6.12. The standard InChI is InChI=1S/C14H24N2/c1-3-10-16(11-4-9-15)12-14-7-5-13(2)6-8-14/h5-8H,3-4,9-12,15H2,1-2H3. The summed E-state index contributed by atoms with van der Waals surface area (Å²) in [4.78, 5) is 2.48. The average Bonchev–Trinajstić information content (AvgIpc) is 2.29. The molecule has 16 heavy (non-hydrogen) atoms. The number of aryl methyl sites for hydroxylation is 1. The van der Waals surface area contributed by atoms with Gasteiger partial charge < -0.3 is 5.73 Å². The quantitative estimate of drug-likeness (QED) is 0.765.